The van der Waals surface area contributed by atoms with Gasteiger partial charge in [0.15, 0.2) is 5.78 Å². The van der Waals surface area contributed by atoms with Crippen LogP contribution in [0.3, 0.4) is 0 Å². The lowest BCUT2D eigenvalue weighted by Gasteiger charge is -2.21. The van der Waals surface area contributed by atoms with Gasteiger partial charge in [0.05, 0.1) is 6.07 Å². The number of carbonyl (C=O) groups excluding carboxylic acids is 1. The molecule has 0 bridgehead atoms. The SMILES string of the molecule is N#CC(C(=O)CCC1CCCCC1)c1ccccc1Cl. The second-order valence-electron chi connectivity index (χ2n) is 5.59. The Morgan fingerprint density at radius 3 is 2.65 bits per heavy atom. The Morgan fingerprint density at radius 1 is 1.30 bits per heavy atom. The van der Waals surface area contributed by atoms with E-state index in [1.807, 2.05) is 12.1 Å². The van der Waals surface area contributed by atoms with Gasteiger partial charge in [0.1, 0.15) is 5.92 Å². The molecular weight excluding hydrogens is 270 g/mol. The highest BCUT2D eigenvalue weighted by Gasteiger charge is 2.23. The molecular formula is C17H20ClNO. The molecule has 0 saturated heterocycles. The highest BCUT2D eigenvalue weighted by Crippen LogP contribution is 2.30. The summed E-state index contributed by atoms with van der Waals surface area (Å²) >= 11 is 6.09. The van der Waals surface area contributed by atoms with Gasteiger partial charge in [-0.2, -0.15) is 5.26 Å². The van der Waals surface area contributed by atoms with Crippen LogP contribution in [0.15, 0.2) is 24.3 Å². The van der Waals surface area contributed by atoms with Crippen LogP contribution in [0.1, 0.15) is 56.4 Å². The molecule has 1 aromatic carbocycles. The number of hydrogen-bond acceptors (Lipinski definition) is 2. The van der Waals surface area contributed by atoms with E-state index in [1.165, 1.54) is 32.1 Å². The normalized spacial score (nSPS) is 17.4. The highest BCUT2D eigenvalue weighted by atomic mass is 35.5. The van der Waals surface area contributed by atoms with E-state index in [1.54, 1.807) is 12.1 Å². The predicted octanol–water partition coefficient (Wildman–Crippen LogP) is 4.88. The van der Waals surface area contributed by atoms with Gasteiger partial charge in [0.2, 0.25) is 0 Å². The molecule has 0 N–H and O–H groups in total. The summed E-state index contributed by atoms with van der Waals surface area (Å²) in [7, 11) is 0. The average molecular weight is 290 g/mol. The Morgan fingerprint density at radius 2 is 2.00 bits per heavy atom. The van der Waals surface area contributed by atoms with Crippen molar-refractivity contribution in [1.82, 2.24) is 0 Å². The van der Waals surface area contributed by atoms with E-state index in [4.69, 9.17) is 11.6 Å². The number of nitriles is 1. The third kappa shape index (κ3) is 3.84. The van der Waals surface area contributed by atoms with Crippen LogP contribution in [0, 0.1) is 17.2 Å². The maximum atomic E-state index is 12.3. The molecule has 0 heterocycles. The largest absolute Gasteiger partial charge is 0.298 e. The molecule has 0 amide bonds. The molecule has 3 heteroatoms. The van der Waals surface area contributed by atoms with Crippen molar-refractivity contribution >= 4 is 17.4 Å². The van der Waals surface area contributed by atoms with Crippen molar-refractivity contribution in [1.29, 1.82) is 5.26 Å². The molecule has 0 spiro atoms. The monoisotopic (exact) mass is 289 g/mol. The number of rotatable bonds is 5. The summed E-state index contributed by atoms with van der Waals surface area (Å²) < 4.78 is 0. The molecule has 1 aromatic rings. The van der Waals surface area contributed by atoms with Crippen LogP contribution < -0.4 is 0 Å². The van der Waals surface area contributed by atoms with Crippen LogP contribution in [0.2, 0.25) is 5.02 Å². The first-order valence-corrected chi connectivity index (χ1v) is 7.77. The number of Topliss-reactive ketones (excluding diaryl/α,β-unsaturated/α-hetero) is 1. The molecule has 2 nitrogen and oxygen atoms in total. The van der Waals surface area contributed by atoms with Gasteiger partial charge in [-0.15, -0.1) is 0 Å². The topological polar surface area (TPSA) is 40.9 Å². The molecule has 1 fully saturated rings. The second kappa shape index (κ2) is 7.45. The van der Waals surface area contributed by atoms with E-state index < -0.39 is 5.92 Å². The molecule has 0 aliphatic heterocycles. The molecule has 1 aliphatic rings. The van der Waals surface area contributed by atoms with Crippen molar-refractivity contribution in [2.45, 2.75) is 50.9 Å². The van der Waals surface area contributed by atoms with E-state index >= 15 is 0 Å². The lowest BCUT2D eigenvalue weighted by molar-refractivity contribution is -0.119. The Kier molecular flexibility index (Phi) is 5.61. The maximum absolute atomic E-state index is 12.3. The fraction of sp³-hybridized carbons (Fsp3) is 0.529. The summed E-state index contributed by atoms with van der Waals surface area (Å²) in [6.45, 7) is 0. The molecule has 1 unspecified atom stereocenters. The summed E-state index contributed by atoms with van der Waals surface area (Å²) in [5.41, 5.74) is 0.644. The minimum Gasteiger partial charge on any atom is -0.298 e. The molecule has 20 heavy (non-hydrogen) atoms. The summed E-state index contributed by atoms with van der Waals surface area (Å²) in [4.78, 5) is 12.3. The zero-order chi connectivity index (χ0) is 14.4. The van der Waals surface area contributed by atoms with Gasteiger partial charge in [-0.05, 0) is 24.0 Å². The number of halogens is 1. The fourth-order valence-electron chi connectivity index (χ4n) is 2.99. The van der Waals surface area contributed by atoms with Gasteiger partial charge in [0.25, 0.3) is 0 Å². The lowest BCUT2D eigenvalue weighted by atomic mass is 9.84. The molecule has 1 saturated carbocycles. The molecule has 1 aliphatic carbocycles. The average Bonchev–Trinajstić information content (AvgIpc) is 2.49. The highest BCUT2D eigenvalue weighted by molar-refractivity contribution is 6.31. The molecule has 0 radical (unpaired) electrons. The molecule has 0 aromatic heterocycles. The summed E-state index contributed by atoms with van der Waals surface area (Å²) in [6, 6.07) is 9.25. The van der Waals surface area contributed by atoms with Crippen molar-refractivity contribution < 1.29 is 4.79 Å². The first-order valence-electron chi connectivity index (χ1n) is 7.39. The van der Waals surface area contributed by atoms with E-state index in [0.29, 0.717) is 22.9 Å². The summed E-state index contributed by atoms with van der Waals surface area (Å²) in [5.74, 6) is -0.0447. The predicted molar refractivity (Wildman–Crippen MR) is 80.6 cm³/mol. The number of ketones is 1. The van der Waals surface area contributed by atoms with E-state index in [9.17, 15) is 10.1 Å². The Hall–Kier alpha value is -1.33. The first-order chi connectivity index (χ1) is 9.72. The third-order valence-electron chi connectivity index (χ3n) is 4.19. The smallest absolute Gasteiger partial charge is 0.154 e. The van der Waals surface area contributed by atoms with Gasteiger partial charge in [-0.1, -0.05) is 61.9 Å². The molecule has 1 atom stereocenters. The quantitative estimate of drug-likeness (QED) is 0.775. The minimum atomic E-state index is -0.715. The number of carbonyl (C=O) groups is 1. The van der Waals surface area contributed by atoms with Crippen LogP contribution in [0.5, 0.6) is 0 Å². The Balaban J connectivity index is 1.96. The van der Waals surface area contributed by atoms with Crippen molar-refractivity contribution in [2.75, 3.05) is 0 Å². The van der Waals surface area contributed by atoms with Gasteiger partial charge in [-0.25, -0.2) is 0 Å². The van der Waals surface area contributed by atoms with Crippen LogP contribution >= 0.6 is 11.6 Å². The van der Waals surface area contributed by atoms with Gasteiger partial charge >= 0.3 is 0 Å². The maximum Gasteiger partial charge on any atom is 0.154 e. The second-order valence-corrected chi connectivity index (χ2v) is 6.00. The van der Waals surface area contributed by atoms with Crippen molar-refractivity contribution in [2.24, 2.45) is 5.92 Å². The minimum absolute atomic E-state index is 0.00572. The number of nitrogens with zero attached hydrogens (tertiary/aromatic N) is 1. The van der Waals surface area contributed by atoms with Crippen LogP contribution in [-0.4, -0.2) is 5.78 Å². The lowest BCUT2D eigenvalue weighted by Crippen LogP contribution is -2.14. The number of hydrogen-bond donors (Lipinski definition) is 0. The third-order valence-corrected chi connectivity index (χ3v) is 4.54. The first kappa shape index (κ1) is 15.1. The Bertz CT molecular complexity index is 500. The number of benzene rings is 1. The van der Waals surface area contributed by atoms with Crippen molar-refractivity contribution in [3.63, 3.8) is 0 Å². The molecule has 2 rings (SSSR count). The van der Waals surface area contributed by atoms with E-state index in [0.717, 1.165) is 6.42 Å². The van der Waals surface area contributed by atoms with E-state index in [2.05, 4.69) is 6.07 Å². The van der Waals surface area contributed by atoms with Crippen molar-refractivity contribution in [3.05, 3.63) is 34.9 Å². The van der Waals surface area contributed by atoms with Crippen LogP contribution in [0.4, 0.5) is 0 Å². The Labute approximate surface area is 125 Å². The van der Waals surface area contributed by atoms with E-state index in [-0.39, 0.29) is 5.78 Å². The van der Waals surface area contributed by atoms with Gasteiger partial charge in [-0.3, -0.25) is 4.79 Å². The molecule has 106 valence electrons. The summed E-state index contributed by atoms with van der Waals surface area (Å²) in [5, 5.41) is 9.79. The van der Waals surface area contributed by atoms with Gasteiger partial charge in [0, 0.05) is 11.4 Å². The standard InChI is InChI=1S/C17H20ClNO/c18-16-9-5-4-8-14(16)15(12-19)17(20)11-10-13-6-2-1-3-7-13/h4-5,8-9,13,15H,1-3,6-7,10-11H2. The van der Waals surface area contributed by atoms with Crippen LogP contribution in [-0.2, 0) is 4.79 Å². The zero-order valence-corrected chi connectivity index (χ0v) is 12.4. The zero-order valence-electron chi connectivity index (χ0n) is 11.6. The fourth-order valence-corrected chi connectivity index (χ4v) is 3.24. The van der Waals surface area contributed by atoms with Crippen molar-refractivity contribution in [3.8, 4) is 6.07 Å². The van der Waals surface area contributed by atoms with Gasteiger partial charge < -0.3 is 0 Å². The van der Waals surface area contributed by atoms with Crippen LogP contribution in [0.25, 0.3) is 0 Å². The summed E-state index contributed by atoms with van der Waals surface area (Å²) in [6.07, 6.45) is 7.77.